The molecule has 0 unspecified atom stereocenters. The van der Waals surface area contributed by atoms with Crippen molar-refractivity contribution in [1.82, 2.24) is 9.97 Å². The third kappa shape index (κ3) is 5.66. The Morgan fingerprint density at radius 2 is 1.82 bits per heavy atom. The van der Waals surface area contributed by atoms with Crippen LogP contribution in [0.15, 0.2) is 65.7 Å². The second-order valence-electron chi connectivity index (χ2n) is 7.35. The van der Waals surface area contributed by atoms with E-state index in [4.69, 9.17) is 14.5 Å². The maximum absolute atomic E-state index is 13.3. The lowest BCUT2D eigenvalue weighted by Crippen LogP contribution is -2.30. The zero-order chi connectivity index (χ0) is 23.9. The number of amides is 1. The number of fused-ring (bicyclic) bond motifs is 1. The number of carbonyl (C=O) groups is 1. The molecule has 0 atom stereocenters. The minimum atomic E-state index is -0.256. The molecular formula is C25H24FN3O3S2. The highest BCUT2D eigenvalue weighted by Crippen LogP contribution is 2.40. The Balaban J connectivity index is 1.54. The zero-order valence-electron chi connectivity index (χ0n) is 18.9. The summed E-state index contributed by atoms with van der Waals surface area (Å²) in [5, 5.41) is 0.569. The number of hydrogen-bond donors (Lipinski definition) is 0. The predicted octanol–water partition coefficient (Wildman–Crippen LogP) is 5.95. The zero-order valence-corrected chi connectivity index (χ0v) is 20.5. The first-order chi connectivity index (χ1) is 16.6. The Hall–Kier alpha value is -3.17. The number of nitrogens with zero attached hydrogens (tertiary/aromatic N) is 3. The molecular weight excluding hydrogens is 473 g/mol. The molecule has 4 aromatic rings. The van der Waals surface area contributed by atoms with Crippen molar-refractivity contribution in [3.63, 3.8) is 0 Å². The van der Waals surface area contributed by atoms with E-state index in [0.29, 0.717) is 41.5 Å². The van der Waals surface area contributed by atoms with Gasteiger partial charge >= 0.3 is 0 Å². The first kappa shape index (κ1) is 24.0. The summed E-state index contributed by atoms with van der Waals surface area (Å²) in [6.07, 6.45) is 2.74. The number of carbonyl (C=O) groups excluding carboxylic acids is 1. The minimum Gasteiger partial charge on any atom is -0.495 e. The smallest absolute Gasteiger partial charge is 0.229 e. The van der Waals surface area contributed by atoms with E-state index in [0.717, 1.165) is 21.0 Å². The maximum Gasteiger partial charge on any atom is 0.229 e. The number of thioether (sulfide) groups is 1. The first-order valence-electron chi connectivity index (χ1n) is 10.7. The van der Waals surface area contributed by atoms with E-state index in [1.165, 1.54) is 23.5 Å². The summed E-state index contributed by atoms with van der Waals surface area (Å²) in [4.78, 5) is 25.1. The van der Waals surface area contributed by atoms with Crippen molar-refractivity contribution in [2.45, 2.75) is 24.3 Å². The highest BCUT2D eigenvalue weighted by Gasteiger charge is 2.23. The molecule has 0 saturated carbocycles. The Labute approximate surface area is 205 Å². The monoisotopic (exact) mass is 497 g/mol. The van der Waals surface area contributed by atoms with E-state index in [-0.39, 0.29) is 11.7 Å². The quantitative estimate of drug-likeness (QED) is 0.199. The molecule has 0 radical (unpaired) electrons. The average molecular weight is 498 g/mol. The average Bonchev–Trinajstić information content (AvgIpc) is 3.31. The van der Waals surface area contributed by atoms with Crippen molar-refractivity contribution in [2.24, 2.45) is 0 Å². The standard InChI is InChI=1S/C25H24FN3O3S2/c1-31-20-12-13-21(32-2)24-23(20)28-25(34-24)29(16-18-6-3-4-14-27-18)22(30)7-5-15-33-19-10-8-17(26)9-11-19/h3-4,6,8-14H,5,7,15-16H2,1-2H3. The van der Waals surface area contributed by atoms with E-state index in [9.17, 15) is 9.18 Å². The van der Waals surface area contributed by atoms with Crippen molar-refractivity contribution in [3.05, 3.63) is 72.3 Å². The number of anilines is 1. The van der Waals surface area contributed by atoms with E-state index >= 15 is 0 Å². The molecule has 34 heavy (non-hydrogen) atoms. The molecule has 0 aliphatic heterocycles. The van der Waals surface area contributed by atoms with Gasteiger partial charge in [0.15, 0.2) is 5.13 Å². The van der Waals surface area contributed by atoms with Crippen LogP contribution in [0.3, 0.4) is 0 Å². The number of hydrogen-bond acceptors (Lipinski definition) is 7. The van der Waals surface area contributed by atoms with Gasteiger partial charge in [-0.2, -0.15) is 0 Å². The van der Waals surface area contributed by atoms with Gasteiger partial charge in [-0.05, 0) is 60.7 Å². The number of methoxy groups -OCH3 is 2. The van der Waals surface area contributed by atoms with E-state index in [1.807, 2.05) is 30.3 Å². The van der Waals surface area contributed by atoms with E-state index in [1.54, 1.807) is 49.2 Å². The Bertz CT molecular complexity index is 1210. The summed E-state index contributed by atoms with van der Waals surface area (Å²) in [6, 6.07) is 15.6. The number of thiazole rings is 1. The summed E-state index contributed by atoms with van der Waals surface area (Å²) in [5.41, 5.74) is 1.43. The lowest BCUT2D eigenvalue weighted by Gasteiger charge is -2.19. The first-order valence-corrected chi connectivity index (χ1v) is 12.5. The molecule has 2 heterocycles. The van der Waals surface area contributed by atoms with E-state index in [2.05, 4.69) is 4.98 Å². The van der Waals surface area contributed by atoms with Gasteiger partial charge in [0.05, 0.1) is 26.5 Å². The molecule has 0 N–H and O–H groups in total. The summed E-state index contributed by atoms with van der Waals surface area (Å²) < 4.78 is 24.9. The van der Waals surface area contributed by atoms with Crippen molar-refractivity contribution in [1.29, 1.82) is 0 Å². The molecule has 0 aliphatic carbocycles. The normalized spacial score (nSPS) is 10.9. The minimum absolute atomic E-state index is 0.0395. The van der Waals surface area contributed by atoms with Crippen LogP contribution in [0.2, 0.25) is 0 Å². The van der Waals surface area contributed by atoms with Crippen LogP contribution in [0.25, 0.3) is 10.2 Å². The molecule has 176 valence electrons. The topological polar surface area (TPSA) is 64.6 Å². The van der Waals surface area contributed by atoms with Crippen LogP contribution >= 0.6 is 23.1 Å². The van der Waals surface area contributed by atoms with Crippen molar-refractivity contribution >= 4 is 44.4 Å². The molecule has 0 saturated heterocycles. The molecule has 0 bridgehead atoms. The highest BCUT2D eigenvalue weighted by atomic mass is 32.2. The molecule has 9 heteroatoms. The third-order valence-electron chi connectivity index (χ3n) is 5.09. The van der Waals surface area contributed by atoms with Gasteiger partial charge in [0.1, 0.15) is 27.5 Å². The maximum atomic E-state index is 13.3. The van der Waals surface area contributed by atoms with Crippen molar-refractivity contribution in [2.75, 3.05) is 24.9 Å². The Kier molecular flexibility index (Phi) is 7.97. The number of aromatic nitrogens is 2. The molecule has 0 fully saturated rings. The van der Waals surface area contributed by atoms with Gasteiger partial charge in [-0.1, -0.05) is 17.4 Å². The molecule has 1 amide bonds. The Morgan fingerprint density at radius 3 is 2.53 bits per heavy atom. The number of pyridine rings is 1. The van der Waals surface area contributed by atoms with Gasteiger partial charge < -0.3 is 9.47 Å². The van der Waals surface area contributed by atoms with Gasteiger partial charge in [0, 0.05) is 17.5 Å². The summed E-state index contributed by atoms with van der Waals surface area (Å²) in [5.74, 6) is 1.76. The van der Waals surface area contributed by atoms with Gasteiger partial charge in [-0.3, -0.25) is 14.7 Å². The molecule has 0 aliphatic rings. The van der Waals surface area contributed by atoms with Gasteiger partial charge in [-0.25, -0.2) is 9.37 Å². The van der Waals surface area contributed by atoms with Gasteiger partial charge in [0.25, 0.3) is 0 Å². The molecule has 0 spiro atoms. The summed E-state index contributed by atoms with van der Waals surface area (Å²) in [6.45, 7) is 0.315. The second-order valence-corrected chi connectivity index (χ2v) is 9.50. The highest BCUT2D eigenvalue weighted by molar-refractivity contribution is 7.99. The van der Waals surface area contributed by atoms with Crippen LogP contribution < -0.4 is 14.4 Å². The van der Waals surface area contributed by atoms with Crippen LogP contribution in [0.1, 0.15) is 18.5 Å². The fourth-order valence-corrected chi connectivity index (χ4v) is 5.33. The number of ether oxygens (including phenoxy) is 2. The SMILES string of the molecule is COc1ccc(OC)c2sc(N(Cc3ccccn3)C(=O)CCCSc3ccc(F)cc3)nc12. The van der Waals surface area contributed by atoms with Crippen molar-refractivity contribution < 1.29 is 18.7 Å². The molecule has 4 rings (SSSR count). The van der Waals surface area contributed by atoms with Gasteiger partial charge in [0.2, 0.25) is 5.91 Å². The molecule has 6 nitrogen and oxygen atoms in total. The predicted molar refractivity (Wildman–Crippen MR) is 135 cm³/mol. The number of rotatable bonds is 10. The fraction of sp³-hybridized carbons (Fsp3) is 0.240. The van der Waals surface area contributed by atoms with Crippen LogP contribution in [-0.2, 0) is 11.3 Å². The van der Waals surface area contributed by atoms with Crippen LogP contribution in [0, 0.1) is 5.82 Å². The van der Waals surface area contributed by atoms with Gasteiger partial charge in [-0.15, -0.1) is 11.8 Å². The second kappa shape index (κ2) is 11.3. The Morgan fingerprint density at radius 1 is 1.06 bits per heavy atom. The lowest BCUT2D eigenvalue weighted by atomic mass is 10.2. The number of halogens is 1. The van der Waals surface area contributed by atoms with Crippen LogP contribution in [0.5, 0.6) is 11.5 Å². The summed E-state index contributed by atoms with van der Waals surface area (Å²) >= 11 is 2.99. The van der Waals surface area contributed by atoms with Crippen molar-refractivity contribution in [3.8, 4) is 11.5 Å². The van der Waals surface area contributed by atoms with Crippen LogP contribution in [0.4, 0.5) is 9.52 Å². The third-order valence-corrected chi connectivity index (χ3v) is 7.29. The largest absolute Gasteiger partial charge is 0.495 e. The fourth-order valence-electron chi connectivity index (χ4n) is 3.39. The summed E-state index contributed by atoms with van der Waals surface area (Å²) in [7, 11) is 3.20. The molecule has 2 aromatic carbocycles. The van der Waals surface area contributed by atoms with Crippen LogP contribution in [-0.4, -0.2) is 35.8 Å². The number of benzene rings is 2. The molecule has 2 aromatic heterocycles. The lowest BCUT2D eigenvalue weighted by molar-refractivity contribution is -0.118. The van der Waals surface area contributed by atoms with E-state index < -0.39 is 0 Å².